The summed E-state index contributed by atoms with van der Waals surface area (Å²) in [6.07, 6.45) is 1.30. The van der Waals surface area contributed by atoms with E-state index in [0.29, 0.717) is 18.6 Å². The van der Waals surface area contributed by atoms with Gasteiger partial charge in [0.2, 0.25) is 0 Å². The van der Waals surface area contributed by atoms with Gasteiger partial charge in [0.1, 0.15) is 12.4 Å². The first kappa shape index (κ1) is 11.3. The molecule has 0 fully saturated rings. The van der Waals surface area contributed by atoms with Crippen LogP contribution in [0.5, 0.6) is 5.75 Å². The fraction of sp³-hybridized carbons (Fsp3) is 0.385. The summed E-state index contributed by atoms with van der Waals surface area (Å²) in [4.78, 5) is 2.09. The number of benzene rings is 1. The van der Waals surface area contributed by atoms with Crippen molar-refractivity contribution in [3.8, 4) is 17.9 Å². The largest absolute Gasteiger partial charge is 0.489 e. The lowest BCUT2D eigenvalue weighted by Crippen LogP contribution is -2.40. The van der Waals surface area contributed by atoms with Crippen molar-refractivity contribution in [2.24, 2.45) is 0 Å². The number of ether oxygens (including phenoxy) is 1. The van der Waals surface area contributed by atoms with Gasteiger partial charge in [-0.25, -0.2) is 0 Å². The van der Waals surface area contributed by atoms with Crippen LogP contribution < -0.4 is 9.64 Å². The summed E-state index contributed by atoms with van der Waals surface area (Å²) in [7, 11) is 1.98. The second kappa shape index (κ2) is 4.76. The van der Waals surface area contributed by atoms with Gasteiger partial charge in [0, 0.05) is 13.5 Å². The fourth-order valence-electron chi connectivity index (χ4n) is 1.99. The number of hydrogen-bond acceptors (Lipinski definition) is 4. The number of nitriles is 2. The van der Waals surface area contributed by atoms with E-state index in [4.69, 9.17) is 15.3 Å². The van der Waals surface area contributed by atoms with E-state index in [9.17, 15) is 0 Å². The van der Waals surface area contributed by atoms with Gasteiger partial charge in [0.15, 0.2) is 0 Å². The third-order valence-electron chi connectivity index (χ3n) is 3.04. The first-order valence-corrected chi connectivity index (χ1v) is 5.53. The molecule has 4 nitrogen and oxygen atoms in total. The lowest BCUT2D eigenvalue weighted by molar-refractivity contribution is 0.261. The van der Waals surface area contributed by atoms with Crippen molar-refractivity contribution in [2.45, 2.75) is 18.9 Å². The second-order valence-corrected chi connectivity index (χ2v) is 4.07. The molecule has 4 heteroatoms. The number of hydrogen-bond donors (Lipinski definition) is 0. The average Bonchev–Trinajstić information content (AvgIpc) is 2.38. The number of nitrogens with zero attached hydrogens (tertiary/aromatic N) is 3. The monoisotopic (exact) mass is 227 g/mol. The van der Waals surface area contributed by atoms with Crippen LogP contribution in [0.15, 0.2) is 18.2 Å². The van der Waals surface area contributed by atoms with Crippen LogP contribution in [0.2, 0.25) is 0 Å². The maximum Gasteiger partial charge on any atom is 0.142 e. The Bertz CT molecular complexity index is 498. The molecule has 1 aliphatic heterocycles. The quantitative estimate of drug-likeness (QED) is 0.775. The van der Waals surface area contributed by atoms with E-state index in [1.807, 2.05) is 19.2 Å². The van der Waals surface area contributed by atoms with Gasteiger partial charge in [0.05, 0.1) is 29.4 Å². The molecule has 0 N–H and O–H groups in total. The second-order valence-electron chi connectivity index (χ2n) is 4.07. The van der Waals surface area contributed by atoms with Crippen LogP contribution >= 0.6 is 0 Å². The number of likely N-dealkylation sites (N-methyl/N-ethyl adjacent to an activating group) is 1. The van der Waals surface area contributed by atoms with Crippen LogP contribution in [0.3, 0.4) is 0 Å². The van der Waals surface area contributed by atoms with Gasteiger partial charge in [-0.2, -0.15) is 10.5 Å². The van der Waals surface area contributed by atoms with Crippen LogP contribution in [0.4, 0.5) is 5.69 Å². The van der Waals surface area contributed by atoms with E-state index in [0.717, 1.165) is 17.9 Å². The lowest BCUT2D eigenvalue weighted by atomic mass is 10.1. The molecular weight excluding hydrogens is 214 g/mol. The topological polar surface area (TPSA) is 60.1 Å². The molecule has 1 atom stereocenters. The first-order valence-electron chi connectivity index (χ1n) is 5.53. The molecule has 86 valence electrons. The van der Waals surface area contributed by atoms with E-state index >= 15 is 0 Å². The predicted octanol–water partition coefficient (Wildman–Crippen LogP) is 2.06. The summed E-state index contributed by atoms with van der Waals surface area (Å²) >= 11 is 0. The normalized spacial score (nSPS) is 17.6. The van der Waals surface area contributed by atoms with Gasteiger partial charge in [-0.1, -0.05) is 0 Å². The Hall–Kier alpha value is -2.20. The number of anilines is 1. The molecule has 0 amide bonds. The average molecular weight is 227 g/mol. The standard InChI is InChI=1S/C13H13N3O/c1-16-11(3-2-6-14)9-17-13-5-4-10(8-15)7-12(13)16/h4-5,7,11H,2-3,9H2,1H3. The highest BCUT2D eigenvalue weighted by Crippen LogP contribution is 2.34. The Kier molecular flexibility index (Phi) is 3.16. The third kappa shape index (κ3) is 2.16. The zero-order valence-electron chi connectivity index (χ0n) is 9.68. The van der Waals surface area contributed by atoms with Crippen molar-refractivity contribution in [3.63, 3.8) is 0 Å². The maximum atomic E-state index is 8.88. The van der Waals surface area contributed by atoms with Crippen LogP contribution in [0.1, 0.15) is 18.4 Å². The minimum absolute atomic E-state index is 0.205. The van der Waals surface area contributed by atoms with Gasteiger partial charge in [0.25, 0.3) is 0 Å². The minimum atomic E-state index is 0.205. The zero-order chi connectivity index (χ0) is 12.3. The summed E-state index contributed by atoms with van der Waals surface area (Å²) in [5, 5.41) is 17.5. The Morgan fingerprint density at radius 3 is 3.00 bits per heavy atom. The molecule has 1 aromatic carbocycles. The summed E-state index contributed by atoms with van der Waals surface area (Å²) in [6, 6.07) is 9.88. The smallest absolute Gasteiger partial charge is 0.142 e. The highest BCUT2D eigenvalue weighted by molar-refractivity contribution is 5.63. The molecule has 2 rings (SSSR count). The molecule has 0 aliphatic carbocycles. The van der Waals surface area contributed by atoms with E-state index in [2.05, 4.69) is 17.0 Å². The molecule has 17 heavy (non-hydrogen) atoms. The predicted molar refractivity (Wildman–Crippen MR) is 63.7 cm³/mol. The lowest BCUT2D eigenvalue weighted by Gasteiger charge is -2.35. The highest BCUT2D eigenvalue weighted by Gasteiger charge is 2.24. The summed E-state index contributed by atoms with van der Waals surface area (Å²) in [5.41, 5.74) is 1.55. The molecule has 1 aromatic rings. The van der Waals surface area contributed by atoms with Crippen LogP contribution in [0, 0.1) is 22.7 Å². The zero-order valence-corrected chi connectivity index (χ0v) is 9.68. The van der Waals surface area contributed by atoms with E-state index in [1.165, 1.54) is 0 Å². The molecule has 0 radical (unpaired) electrons. The van der Waals surface area contributed by atoms with Gasteiger partial charge in [-0.05, 0) is 24.6 Å². The molecule has 0 bridgehead atoms. The van der Waals surface area contributed by atoms with Gasteiger partial charge >= 0.3 is 0 Å². The summed E-state index contributed by atoms with van der Waals surface area (Å²) in [5.74, 6) is 0.805. The molecule has 0 spiro atoms. The number of fused-ring (bicyclic) bond motifs is 1. The van der Waals surface area contributed by atoms with Crippen molar-refractivity contribution >= 4 is 5.69 Å². The maximum absolute atomic E-state index is 8.88. The van der Waals surface area contributed by atoms with E-state index < -0.39 is 0 Å². The van der Waals surface area contributed by atoms with E-state index in [-0.39, 0.29) is 6.04 Å². The molecule has 0 saturated carbocycles. The molecule has 0 aromatic heterocycles. The highest BCUT2D eigenvalue weighted by atomic mass is 16.5. The van der Waals surface area contributed by atoms with Gasteiger partial charge in [-0.3, -0.25) is 0 Å². The Morgan fingerprint density at radius 2 is 2.29 bits per heavy atom. The summed E-state index contributed by atoms with van der Waals surface area (Å²) in [6.45, 7) is 0.594. The Labute approximate surface area is 101 Å². The molecule has 0 saturated heterocycles. The van der Waals surface area contributed by atoms with Crippen LogP contribution in [-0.2, 0) is 0 Å². The minimum Gasteiger partial charge on any atom is -0.489 e. The Morgan fingerprint density at radius 1 is 1.47 bits per heavy atom. The molecule has 1 heterocycles. The summed E-state index contributed by atoms with van der Waals surface area (Å²) < 4.78 is 5.64. The van der Waals surface area contributed by atoms with Gasteiger partial charge in [-0.15, -0.1) is 0 Å². The van der Waals surface area contributed by atoms with Crippen molar-refractivity contribution in [1.82, 2.24) is 0 Å². The number of rotatable bonds is 2. The fourth-order valence-corrected chi connectivity index (χ4v) is 1.99. The van der Waals surface area contributed by atoms with E-state index in [1.54, 1.807) is 6.07 Å². The van der Waals surface area contributed by atoms with Crippen LogP contribution in [0.25, 0.3) is 0 Å². The molecule has 1 unspecified atom stereocenters. The molecular formula is C13H13N3O. The SMILES string of the molecule is CN1c2cc(C#N)ccc2OCC1CCC#N. The van der Waals surface area contributed by atoms with Crippen molar-refractivity contribution < 1.29 is 4.74 Å². The molecule has 1 aliphatic rings. The van der Waals surface area contributed by atoms with Crippen LogP contribution in [-0.4, -0.2) is 19.7 Å². The third-order valence-corrected chi connectivity index (χ3v) is 3.04. The van der Waals surface area contributed by atoms with Crippen molar-refractivity contribution in [2.75, 3.05) is 18.6 Å². The van der Waals surface area contributed by atoms with Crippen molar-refractivity contribution in [3.05, 3.63) is 23.8 Å². The van der Waals surface area contributed by atoms with Gasteiger partial charge < -0.3 is 9.64 Å². The first-order chi connectivity index (χ1) is 8.26. The Balaban J connectivity index is 2.25. The van der Waals surface area contributed by atoms with Crippen molar-refractivity contribution in [1.29, 1.82) is 10.5 Å².